The lowest BCUT2D eigenvalue weighted by atomic mass is 10.1. The summed E-state index contributed by atoms with van der Waals surface area (Å²) >= 11 is 6.72. The number of carbonyl (C=O) groups excluding carboxylic acids is 1. The number of amides is 1. The third-order valence-corrected chi connectivity index (χ3v) is 5.04. The average molecular weight is 319 g/mol. The van der Waals surface area contributed by atoms with Crippen molar-refractivity contribution in [2.45, 2.75) is 25.9 Å². The van der Waals surface area contributed by atoms with E-state index in [1.165, 1.54) is 17.3 Å². The maximum atomic E-state index is 12.5. The van der Waals surface area contributed by atoms with Crippen molar-refractivity contribution >= 4 is 40.3 Å². The maximum absolute atomic E-state index is 12.5. The van der Waals surface area contributed by atoms with E-state index in [1.54, 1.807) is 4.90 Å². The lowest BCUT2D eigenvalue weighted by molar-refractivity contribution is -0.123. The summed E-state index contributed by atoms with van der Waals surface area (Å²) in [4.78, 5) is 14.8. The van der Waals surface area contributed by atoms with Gasteiger partial charge >= 0.3 is 0 Å². The molecule has 3 nitrogen and oxygen atoms in total. The van der Waals surface area contributed by atoms with Crippen LogP contribution in [0.5, 0.6) is 0 Å². The third kappa shape index (κ3) is 3.36. The van der Waals surface area contributed by atoms with E-state index in [-0.39, 0.29) is 12.0 Å². The summed E-state index contributed by atoms with van der Waals surface area (Å²) in [6.45, 7) is 3.42. The number of aryl methyl sites for hydroxylation is 1. The van der Waals surface area contributed by atoms with Crippen molar-refractivity contribution < 1.29 is 9.53 Å². The number of hydrogen-bond donors (Lipinski definition) is 0. The lowest BCUT2D eigenvalue weighted by Gasteiger charge is -2.18. The number of hydrogen-bond acceptors (Lipinski definition) is 4. The van der Waals surface area contributed by atoms with E-state index < -0.39 is 0 Å². The minimum Gasteiger partial charge on any atom is -0.376 e. The molecule has 2 heterocycles. The highest BCUT2D eigenvalue weighted by atomic mass is 32.2. The first kappa shape index (κ1) is 14.8. The number of thiocarbonyl (C=S) groups is 1. The number of benzene rings is 1. The van der Waals surface area contributed by atoms with Gasteiger partial charge in [0.05, 0.1) is 17.6 Å². The van der Waals surface area contributed by atoms with Crippen LogP contribution in [-0.4, -0.2) is 34.4 Å². The minimum atomic E-state index is 0.000995. The number of thioether (sulfide) groups is 1. The fourth-order valence-electron chi connectivity index (χ4n) is 2.46. The molecule has 0 aliphatic carbocycles. The van der Waals surface area contributed by atoms with Crippen LogP contribution in [0.15, 0.2) is 29.2 Å². The fraction of sp³-hybridized carbons (Fsp3) is 0.375. The predicted molar refractivity (Wildman–Crippen MR) is 90.0 cm³/mol. The van der Waals surface area contributed by atoms with Gasteiger partial charge in [-0.2, -0.15) is 0 Å². The number of rotatable bonds is 3. The van der Waals surface area contributed by atoms with Crippen LogP contribution >= 0.6 is 24.0 Å². The molecule has 110 valence electrons. The Bertz CT molecular complexity index is 589. The van der Waals surface area contributed by atoms with Crippen LogP contribution in [0.25, 0.3) is 6.08 Å². The van der Waals surface area contributed by atoms with E-state index in [1.807, 2.05) is 37.3 Å². The van der Waals surface area contributed by atoms with Gasteiger partial charge in [-0.25, -0.2) is 0 Å². The first-order chi connectivity index (χ1) is 10.1. The molecule has 1 atom stereocenters. The Morgan fingerprint density at radius 1 is 1.43 bits per heavy atom. The molecule has 0 radical (unpaired) electrons. The predicted octanol–water partition coefficient (Wildman–Crippen LogP) is 3.38. The second-order valence-corrected chi connectivity index (χ2v) is 7.01. The maximum Gasteiger partial charge on any atom is 0.266 e. The van der Waals surface area contributed by atoms with Crippen molar-refractivity contribution in [2.75, 3.05) is 13.2 Å². The highest BCUT2D eigenvalue weighted by molar-refractivity contribution is 8.26. The molecule has 1 aromatic carbocycles. The summed E-state index contributed by atoms with van der Waals surface area (Å²) < 4.78 is 6.23. The molecule has 2 saturated heterocycles. The normalized spacial score (nSPS) is 24.3. The van der Waals surface area contributed by atoms with Crippen LogP contribution in [0.3, 0.4) is 0 Å². The molecule has 0 bridgehead atoms. The Morgan fingerprint density at radius 3 is 2.86 bits per heavy atom. The van der Waals surface area contributed by atoms with Gasteiger partial charge in [-0.15, -0.1) is 0 Å². The molecule has 2 aliphatic rings. The monoisotopic (exact) mass is 319 g/mol. The van der Waals surface area contributed by atoms with Gasteiger partial charge in [0.2, 0.25) is 0 Å². The minimum absolute atomic E-state index is 0.000995. The second-order valence-electron chi connectivity index (χ2n) is 5.34. The second kappa shape index (κ2) is 6.30. The van der Waals surface area contributed by atoms with Crippen molar-refractivity contribution in [3.63, 3.8) is 0 Å². The molecular formula is C16H17NO2S2. The Labute approximate surface area is 134 Å². The van der Waals surface area contributed by atoms with Crippen LogP contribution in [0.4, 0.5) is 0 Å². The number of ether oxygens (including phenoxy) is 1. The molecule has 0 spiro atoms. The molecule has 0 unspecified atom stereocenters. The van der Waals surface area contributed by atoms with Crippen molar-refractivity contribution in [1.82, 2.24) is 4.90 Å². The van der Waals surface area contributed by atoms with Gasteiger partial charge in [0, 0.05) is 6.61 Å². The Kier molecular flexibility index (Phi) is 4.42. The molecular weight excluding hydrogens is 302 g/mol. The summed E-state index contributed by atoms with van der Waals surface area (Å²) in [7, 11) is 0. The molecule has 0 N–H and O–H groups in total. The molecule has 2 aliphatic heterocycles. The van der Waals surface area contributed by atoms with E-state index in [9.17, 15) is 4.79 Å². The van der Waals surface area contributed by atoms with Gasteiger partial charge in [0.25, 0.3) is 5.91 Å². The molecule has 0 aromatic heterocycles. The van der Waals surface area contributed by atoms with Gasteiger partial charge < -0.3 is 4.74 Å². The molecule has 3 rings (SSSR count). The van der Waals surface area contributed by atoms with E-state index in [2.05, 4.69) is 0 Å². The number of nitrogens with zero attached hydrogens (tertiary/aromatic N) is 1. The first-order valence-electron chi connectivity index (χ1n) is 7.07. The van der Waals surface area contributed by atoms with Crippen LogP contribution in [0.2, 0.25) is 0 Å². The SMILES string of the molecule is Cc1ccc(/C=C2/SC(=S)N(C[C@H]3CCCO3)C2=O)cc1. The van der Waals surface area contributed by atoms with E-state index in [0.29, 0.717) is 15.8 Å². The van der Waals surface area contributed by atoms with Crippen LogP contribution < -0.4 is 0 Å². The Morgan fingerprint density at radius 2 is 2.19 bits per heavy atom. The van der Waals surface area contributed by atoms with Crippen molar-refractivity contribution in [3.8, 4) is 0 Å². The summed E-state index contributed by atoms with van der Waals surface area (Å²) in [6.07, 6.45) is 4.12. The summed E-state index contributed by atoms with van der Waals surface area (Å²) in [5, 5.41) is 0. The van der Waals surface area contributed by atoms with Crippen LogP contribution in [0.1, 0.15) is 24.0 Å². The lowest BCUT2D eigenvalue weighted by Crippen LogP contribution is -2.35. The quantitative estimate of drug-likeness (QED) is 0.631. The zero-order valence-corrected chi connectivity index (χ0v) is 13.5. The molecule has 21 heavy (non-hydrogen) atoms. The van der Waals surface area contributed by atoms with Gasteiger partial charge in [0.1, 0.15) is 4.32 Å². The van der Waals surface area contributed by atoms with Crippen LogP contribution in [0, 0.1) is 6.92 Å². The molecule has 2 fully saturated rings. The zero-order chi connectivity index (χ0) is 14.8. The third-order valence-electron chi connectivity index (χ3n) is 3.66. The van der Waals surface area contributed by atoms with E-state index >= 15 is 0 Å². The summed E-state index contributed by atoms with van der Waals surface area (Å²) in [5.74, 6) is 0.000995. The first-order valence-corrected chi connectivity index (χ1v) is 8.29. The Balaban J connectivity index is 1.74. The van der Waals surface area contributed by atoms with Crippen LogP contribution in [-0.2, 0) is 9.53 Å². The standard InChI is InChI=1S/C16H17NO2S2/c1-11-4-6-12(7-5-11)9-14-15(18)17(16(20)21-14)10-13-3-2-8-19-13/h4-7,9,13H,2-3,8,10H2,1H3/b14-9+/t13-/m1/s1. The van der Waals surface area contributed by atoms with Crippen molar-refractivity contribution in [2.24, 2.45) is 0 Å². The highest BCUT2D eigenvalue weighted by Crippen LogP contribution is 2.33. The van der Waals surface area contributed by atoms with Crippen molar-refractivity contribution in [3.05, 3.63) is 40.3 Å². The molecule has 0 saturated carbocycles. The smallest absolute Gasteiger partial charge is 0.266 e. The molecule has 5 heteroatoms. The van der Waals surface area contributed by atoms with Gasteiger partial charge in [-0.05, 0) is 31.4 Å². The van der Waals surface area contributed by atoms with E-state index in [4.69, 9.17) is 17.0 Å². The van der Waals surface area contributed by atoms with Crippen molar-refractivity contribution in [1.29, 1.82) is 0 Å². The summed E-state index contributed by atoms with van der Waals surface area (Å²) in [5.41, 5.74) is 2.23. The zero-order valence-electron chi connectivity index (χ0n) is 11.9. The topological polar surface area (TPSA) is 29.5 Å². The highest BCUT2D eigenvalue weighted by Gasteiger charge is 2.34. The largest absolute Gasteiger partial charge is 0.376 e. The van der Waals surface area contributed by atoms with Gasteiger partial charge in [-0.1, -0.05) is 53.8 Å². The summed E-state index contributed by atoms with van der Waals surface area (Å²) in [6, 6.07) is 8.11. The Hall–Kier alpha value is -1.17. The molecule has 1 aromatic rings. The number of carbonyl (C=O) groups is 1. The fourth-order valence-corrected chi connectivity index (χ4v) is 3.74. The van der Waals surface area contributed by atoms with E-state index in [0.717, 1.165) is 25.0 Å². The average Bonchev–Trinajstić information content (AvgIpc) is 3.06. The van der Waals surface area contributed by atoms with Gasteiger partial charge in [-0.3, -0.25) is 9.69 Å². The van der Waals surface area contributed by atoms with Gasteiger partial charge in [0.15, 0.2) is 0 Å². The molecule has 1 amide bonds.